The van der Waals surface area contributed by atoms with E-state index in [1.165, 1.54) is 25.7 Å². The molecule has 2 aliphatic rings. The largest absolute Gasteiger partial charge is 0.393 e. The van der Waals surface area contributed by atoms with Crippen LogP contribution in [0.1, 0.15) is 59.3 Å². The van der Waals surface area contributed by atoms with Crippen molar-refractivity contribution in [1.82, 2.24) is 10.6 Å². The highest BCUT2D eigenvalue weighted by Crippen LogP contribution is 2.33. The first-order valence-electron chi connectivity index (χ1n) is 8.09. The third-order valence-electron chi connectivity index (χ3n) is 4.77. The Morgan fingerprint density at radius 3 is 2.75 bits per heavy atom. The number of hydrogen-bond donors (Lipinski definition) is 3. The highest BCUT2D eigenvalue weighted by atomic mass is 16.3. The molecule has 0 spiro atoms. The van der Waals surface area contributed by atoms with Crippen LogP contribution in [0.2, 0.25) is 0 Å². The van der Waals surface area contributed by atoms with Gasteiger partial charge in [-0.2, -0.15) is 0 Å². The lowest BCUT2D eigenvalue weighted by Gasteiger charge is -2.27. The minimum atomic E-state index is -0.325. The number of carbonyl (C=O) groups is 1. The summed E-state index contributed by atoms with van der Waals surface area (Å²) in [4.78, 5) is 12.3. The van der Waals surface area contributed by atoms with Crippen molar-refractivity contribution in [2.45, 2.75) is 77.5 Å². The summed E-state index contributed by atoms with van der Waals surface area (Å²) in [6.45, 7) is 6.60. The predicted octanol–water partition coefficient (Wildman–Crippen LogP) is 1.82. The van der Waals surface area contributed by atoms with Gasteiger partial charge in [0, 0.05) is 12.6 Å². The fourth-order valence-electron chi connectivity index (χ4n) is 3.84. The van der Waals surface area contributed by atoms with Gasteiger partial charge in [-0.3, -0.25) is 4.79 Å². The van der Waals surface area contributed by atoms with E-state index < -0.39 is 0 Å². The van der Waals surface area contributed by atoms with Crippen molar-refractivity contribution < 1.29 is 9.90 Å². The van der Waals surface area contributed by atoms with Gasteiger partial charge in [-0.1, -0.05) is 26.7 Å². The van der Waals surface area contributed by atoms with Crippen molar-refractivity contribution in [3.8, 4) is 0 Å². The molecule has 1 heterocycles. The molecule has 0 aromatic carbocycles. The Bertz CT molecular complexity index is 327. The van der Waals surface area contributed by atoms with E-state index in [1.54, 1.807) is 6.92 Å². The summed E-state index contributed by atoms with van der Waals surface area (Å²) in [7, 11) is 0. The van der Waals surface area contributed by atoms with E-state index in [1.807, 2.05) is 0 Å². The van der Waals surface area contributed by atoms with Crippen LogP contribution in [0.5, 0.6) is 0 Å². The number of aliphatic hydroxyl groups excluding tert-OH is 1. The van der Waals surface area contributed by atoms with E-state index in [0.29, 0.717) is 24.9 Å². The number of aliphatic hydroxyl groups is 1. The highest BCUT2D eigenvalue weighted by Gasteiger charge is 2.38. The molecular formula is C16H30N2O2. The molecule has 2 rings (SSSR count). The molecule has 0 aromatic heterocycles. The van der Waals surface area contributed by atoms with Gasteiger partial charge in [-0.15, -0.1) is 0 Å². The third-order valence-corrected chi connectivity index (χ3v) is 4.77. The van der Waals surface area contributed by atoms with Crippen molar-refractivity contribution in [2.24, 2.45) is 11.3 Å². The van der Waals surface area contributed by atoms with Gasteiger partial charge in [-0.05, 0) is 43.9 Å². The minimum Gasteiger partial charge on any atom is -0.393 e. The number of amides is 1. The zero-order chi connectivity index (χ0) is 14.8. The Morgan fingerprint density at radius 1 is 1.40 bits per heavy atom. The van der Waals surface area contributed by atoms with Crippen LogP contribution < -0.4 is 10.6 Å². The normalized spacial score (nSPS) is 31.7. The summed E-state index contributed by atoms with van der Waals surface area (Å²) < 4.78 is 0. The first kappa shape index (κ1) is 15.8. The van der Waals surface area contributed by atoms with Crippen LogP contribution in [0.25, 0.3) is 0 Å². The molecule has 2 fully saturated rings. The average molecular weight is 282 g/mol. The number of rotatable bonds is 5. The first-order valence-corrected chi connectivity index (χ1v) is 8.09. The second-order valence-corrected chi connectivity index (χ2v) is 7.54. The maximum atomic E-state index is 12.3. The van der Waals surface area contributed by atoms with Crippen molar-refractivity contribution >= 4 is 5.91 Å². The lowest BCUT2D eigenvalue weighted by molar-refractivity contribution is -0.123. The Balaban J connectivity index is 1.78. The molecule has 4 unspecified atom stereocenters. The Morgan fingerprint density at radius 2 is 2.10 bits per heavy atom. The second-order valence-electron chi connectivity index (χ2n) is 7.54. The van der Waals surface area contributed by atoms with Crippen molar-refractivity contribution in [1.29, 1.82) is 0 Å². The maximum Gasteiger partial charge on any atom is 0.237 e. The van der Waals surface area contributed by atoms with Gasteiger partial charge in [0.25, 0.3) is 0 Å². The Hall–Kier alpha value is -0.610. The van der Waals surface area contributed by atoms with Crippen LogP contribution in [0.15, 0.2) is 0 Å². The summed E-state index contributed by atoms with van der Waals surface area (Å²) in [5, 5.41) is 16.1. The molecule has 4 nitrogen and oxygen atoms in total. The summed E-state index contributed by atoms with van der Waals surface area (Å²) >= 11 is 0. The quantitative estimate of drug-likeness (QED) is 0.721. The van der Waals surface area contributed by atoms with Gasteiger partial charge in [0.1, 0.15) is 0 Å². The lowest BCUT2D eigenvalue weighted by Crippen LogP contribution is -2.46. The van der Waals surface area contributed by atoms with Gasteiger partial charge in [0.15, 0.2) is 0 Å². The average Bonchev–Trinajstić information content (AvgIpc) is 2.78. The van der Waals surface area contributed by atoms with Crippen LogP contribution in [-0.2, 0) is 4.79 Å². The van der Waals surface area contributed by atoms with Crippen LogP contribution in [-0.4, -0.2) is 35.7 Å². The van der Waals surface area contributed by atoms with E-state index in [4.69, 9.17) is 0 Å². The number of carbonyl (C=O) groups excluding carboxylic acids is 1. The zero-order valence-corrected chi connectivity index (χ0v) is 13.1. The molecule has 1 aliphatic carbocycles. The zero-order valence-electron chi connectivity index (χ0n) is 13.1. The van der Waals surface area contributed by atoms with Crippen LogP contribution in [0.3, 0.4) is 0 Å². The van der Waals surface area contributed by atoms with Gasteiger partial charge >= 0.3 is 0 Å². The van der Waals surface area contributed by atoms with Crippen LogP contribution in [0.4, 0.5) is 0 Å². The van der Waals surface area contributed by atoms with Crippen molar-refractivity contribution in [3.63, 3.8) is 0 Å². The SMILES string of the molecule is CC(O)CC(C)(C)CNC(=O)C1CC2CCCCC2N1. The molecule has 0 bridgehead atoms. The molecule has 1 amide bonds. The molecule has 4 heteroatoms. The molecule has 1 aliphatic heterocycles. The monoisotopic (exact) mass is 282 g/mol. The van der Waals surface area contributed by atoms with Crippen molar-refractivity contribution in [3.05, 3.63) is 0 Å². The Labute approximate surface area is 122 Å². The number of nitrogens with one attached hydrogen (secondary N) is 2. The van der Waals surface area contributed by atoms with Gasteiger partial charge in [0.05, 0.1) is 12.1 Å². The molecular weight excluding hydrogens is 252 g/mol. The summed E-state index contributed by atoms with van der Waals surface area (Å²) in [5.41, 5.74) is -0.0603. The highest BCUT2D eigenvalue weighted by molar-refractivity contribution is 5.82. The van der Waals surface area contributed by atoms with Crippen molar-refractivity contribution in [2.75, 3.05) is 6.54 Å². The third kappa shape index (κ3) is 4.19. The lowest BCUT2D eigenvalue weighted by atomic mass is 9.85. The van der Waals surface area contributed by atoms with E-state index in [9.17, 15) is 9.90 Å². The van der Waals surface area contributed by atoms with Crippen LogP contribution in [0, 0.1) is 11.3 Å². The number of hydrogen-bond acceptors (Lipinski definition) is 3. The second kappa shape index (κ2) is 6.44. The number of fused-ring (bicyclic) bond motifs is 1. The molecule has 1 saturated carbocycles. The van der Waals surface area contributed by atoms with E-state index in [0.717, 1.165) is 6.42 Å². The maximum absolute atomic E-state index is 12.3. The molecule has 116 valence electrons. The standard InChI is InChI=1S/C16H30N2O2/c1-11(19)9-16(2,3)10-17-15(20)14-8-12-6-4-5-7-13(12)18-14/h11-14,18-19H,4-10H2,1-3H3,(H,17,20). The van der Waals surface area contributed by atoms with Gasteiger partial charge in [0.2, 0.25) is 5.91 Å². The predicted molar refractivity (Wildman–Crippen MR) is 80.4 cm³/mol. The smallest absolute Gasteiger partial charge is 0.237 e. The molecule has 3 N–H and O–H groups in total. The molecule has 0 aromatic rings. The molecule has 20 heavy (non-hydrogen) atoms. The molecule has 4 atom stereocenters. The summed E-state index contributed by atoms with van der Waals surface area (Å²) in [6.07, 6.45) is 6.48. The van der Waals surface area contributed by atoms with Gasteiger partial charge in [-0.25, -0.2) is 0 Å². The Kier molecular flexibility index (Phi) is 5.08. The van der Waals surface area contributed by atoms with E-state index in [2.05, 4.69) is 24.5 Å². The summed E-state index contributed by atoms with van der Waals surface area (Å²) in [5.74, 6) is 0.836. The summed E-state index contributed by atoms with van der Waals surface area (Å²) in [6, 6.07) is 0.551. The minimum absolute atomic E-state index is 0.00884. The molecule has 0 radical (unpaired) electrons. The van der Waals surface area contributed by atoms with Gasteiger partial charge < -0.3 is 15.7 Å². The topological polar surface area (TPSA) is 61.4 Å². The first-order chi connectivity index (χ1) is 9.37. The molecule has 1 saturated heterocycles. The fraction of sp³-hybridized carbons (Fsp3) is 0.938. The fourth-order valence-corrected chi connectivity index (χ4v) is 3.84. The van der Waals surface area contributed by atoms with Crippen LogP contribution >= 0.6 is 0 Å². The van der Waals surface area contributed by atoms with E-state index in [-0.39, 0.29) is 23.5 Å². The van der Waals surface area contributed by atoms with E-state index >= 15 is 0 Å².